The summed E-state index contributed by atoms with van der Waals surface area (Å²) < 4.78 is 6.07. The van der Waals surface area contributed by atoms with E-state index in [9.17, 15) is 19.5 Å². The van der Waals surface area contributed by atoms with Gasteiger partial charge in [0.05, 0.1) is 0 Å². The molecule has 1 fully saturated rings. The molecule has 2 aromatic rings. The molecular formula is C23H21IN2O5S. The number of nitrogens with zero attached hydrogens (tertiary/aromatic N) is 1. The normalized spacial score (nSPS) is 20.8. The Morgan fingerprint density at radius 1 is 1.16 bits per heavy atom. The van der Waals surface area contributed by atoms with Crippen LogP contribution in [0.3, 0.4) is 0 Å². The van der Waals surface area contributed by atoms with Gasteiger partial charge in [0, 0.05) is 10.2 Å². The van der Waals surface area contributed by atoms with Crippen LogP contribution in [0.2, 0.25) is 0 Å². The molecule has 2 heterocycles. The predicted octanol–water partition coefficient (Wildman–Crippen LogP) is 2.55. The average Bonchev–Trinajstić information content (AvgIpc) is 2.85. The summed E-state index contributed by atoms with van der Waals surface area (Å²) in [7, 11) is 0. The zero-order valence-corrected chi connectivity index (χ0v) is 19.9. The lowest BCUT2D eigenvalue weighted by molar-refractivity contribution is -0.154. The third-order valence-corrected chi connectivity index (χ3v) is 7.54. The lowest BCUT2D eigenvalue weighted by Crippen LogP contribution is -2.71. The summed E-state index contributed by atoms with van der Waals surface area (Å²) in [6.07, 6.45) is -1.37. The highest BCUT2D eigenvalue weighted by Gasteiger charge is 2.54. The second-order valence-corrected chi connectivity index (χ2v) is 9.22. The maximum absolute atomic E-state index is 12.9. The van der Waals surface area contributed by atoms with Crippen molar-refractivity contribution >= 4 is 52.1 Å². The minimum absolute atomic E-state index is 0.112. The van der Waals surface area contributed by atoms with Crippen LogP contribution in [0.5, 0.6) is 0 Å². The second kappa shape index (κ2) is 10.1. The van der Waals surface area contributed by atoms with Gasteiger partial charge in [-0.1, -0.05) is 83.3 Å². The summed E-state index contributed by atoms with van der Waals surface area (Å²) >= 11 is 3.65. The van der Waals surface area contributed by atoms with Crippen LogP contribution in [0.4, 0.5) is 0 Å². The monoisotopic (exact) mass is 564 g/mol. The van der Waals surface area contributed by atoms with E-state index in [0.29, 0.717) is 15.7 Å². The van der Waals surface area contributed by atoms with E-state index in [1.54, 1.807) is 30.3 Å². The summed E-state index contributed by atoms with van der Waals surface area (Å²) in [5.41, 5.74) is 2.39. The van der Waals surface area contributed by atoms with Gasteiger partial charge >= 0.3 is 5.97 Å². The van der Waals surface area contributed by atoms with Gasteiger partial charge in [-0.25, -0.2) is 4.79 Å². The average molecular weight is 564 g/mol. The quantitative estimate of drug-likeness (QED) is 0.233. The van der Waals surface area contributed by atoms with Crippen LogP contribution in [0, 0.1) is 0 Å². The molecule has 0 spiro atoms. The van der Waals surface area contributed by atoms with Gasteiger partial charge in [-0.2, -0.15) is 0 Å². The number of aliphatic hydroxyl groups is 1. The van der Waals surface area contributed by atoms with Crippen LogP contribution < -0.4 is 5.32 Å². The Bertz CT molecular complexity index is 1050. The molecule has 0 radical (unpaired) electrons. The highest BCUT2D eigenvalue weighted by Crippen LogP contribution is 2.41. The molecule has 32 heavy (non-hydrogen) atoms. The SMILES string of the molecule is O=C(OCc1ccccc1)C1=C(CI)CS[C@H]2C(NC(=O)C(O)c3ccccc3)C(=O)N12. The van der Waals surface area contributed by atoms with Crippen molar-refractivity contribution in [3.05, 3.63) is 83.1 Å². The van der Waals surface area contributed by atoms with E-state index in [0.717, 1.165) is 11.1 Å². The number of hydrogen-bond donors (Lipinski definition) is 2. The molecule has 9 heteroatoms. The van der Waals surface area contributed by atoms with Crippen LogP contribution >= 0.6 is 34.4 Å². The predicted molar refractivity (Wildman–Crippen MR) is 129 cm³/mol. The summed E-state index contributed by atoms with van der Waals surface area (Å²) in [5.74, 6) is -1.02. The highest BCUT2D eigenvalue weighted by atomic mass is 127. The van der Waals surface area contributed by atoms with E-state index in [1.807, 2.05) is 30.3 Å². The fraction of sp³-hybridized carbons (Fsp3) is 0.261. The van der Waals surface area contributed by atoms with Crippen LogP contribution in [-0.4, -0.2) is 49.4 Å². The maximum atomic E-state index is 12.9. The smallest absolute Gasteiger partial charge is 0.355 e. The standard InChI is InChI=1S/C23H21IN2O5S/c24-11-16-13-32-22-17(25-20(28)19(27)15-9-5-2-6-10-15)21(29)26(22)18(16)23(30)31-12-14-7-3-1-4-8-14/h1-10,17,19,22,27H,11-13H2,(H,25,28)/t17?,19?,22-/m0/s1. The van der Waals surface area contributed by atoms with Crippen molar-refractivity contribution in [2.75, 3.05) is 10.2 Å². The van der Waals surface area contributed by atoms with Crippen molar-refractivity contribution in [3.8, 4) is 0 Å². The Labute approximate surface area is 203 Å². The molecule has 0 aromatic heterocycles. The summed E-state index contributed by atoms with van der Waals surface area (Å²) in [6.45, 7) is 0.112. The topological polar surface area (TPSA) is 95.9 Å². The number of halogens is 1. The van der Waals surface area contributed by atoms with Crippen molar-refractivity contribution in [1.82, 2.24) is 10.2 Å². The number of carbonyl (C=O) groups is 3. The van der Waals surface area contributed by atoms with E-state index < -0.39 is 29.4 Å². The van der Waals surface area contributed by atoms with E-state index in [-0.39, 0.29) is 18.2 Å². The number of rotatable bonds is 7. The van der Waals surface area contributed by atoms with Gasteiger partial charge < -0.3 is 15.2 Å². The number of amides is 2. The zero-order valence-electron chi connectivity index (χ0n) is 16.9. The van der Waals surface area contributed by atoms with Crippen LogP contribution in [0.15, 0.2) is 71.9 Å². The molecule has 2 aliphatic rings. The lowest BCUT2D eigenvalue weighted by Gasteiger charge is -2.49. The summed E-state index contributed by atoms with van der Waals surface area (Å²) in [6, 6.07) is 17.0. The first kappa shape index (κ1) is 22.8. The van der Waals surface area contributed by atoms with Gasteiger partial charge in [-0.05, 0) is 16.7 Å². The molecule has 3 atom stereocenters. The van der Waals surface area contributed by atoms with Crippen molar-refractivity contribution in [3.63, 3.8) is 0 Å². The van der Waals surface area contributed by atoms with E-state index in [2.05, 4.69) is 27.9 Å². The van der Waals surface area contributed by atoms with E-state index in [4.69, 9.17) is 4.74 Å². The third kappa shape index (κ3) is 4.55. The van der Waals surface area contributed by atoms with Crippen LogP contribution in [-0.2, 0) is 25.7 Å². The number of alkyl halides is 1. The molecule has 0 saturated carbocycles. The Kier molecular flexibility index (Phi) is 7.17. The van der Waals surface area contributed by atoms with Gasteiger partial charge in [0.25, 0.3) is 11.8 Å². The molecule has 4 rings (SSSR count). The number of benzene rings is 2. The molecule has 1 saturated heterocycles. The van der Waals surface area contributed by atoms with E-state index in [1.165, 1.54) is 16.7 Å². The first-order valence-electron chi connectivity index (χ1n) is 9.98. The first-order valence-corrected chi connectivity index (χ1v) is 12.6. The third-order valence-electron chi connectivity index (χ3n) is 5.28. The number of fused-ring (bicyclic) bond motifs is 1. The molecule has 0 bridgehead atoms. The fourth-order valence-electron chi connectivity index (χ4n) is 3.58. The van der Waals surface area contributed by atoms with Crippen molar-refractivity contribution < 1.29 is 24.2 Å². The number of aliphatic hydroxyl groups excluding tert-OH is 1. The largest absolute Gasteiger partial charge is 0.456 e. The number of ether oxygens (including phenoxy) is 1. The van der Waals surface area contributed by atoms with Crippen molar-refractivity contribution in [2.24, 2.45) is 0 Å². The number of β-lactam (4-membered cyclic amide) rings is 1. The molecule has 0 aliphatic carbocycles. The van der Waals surface area contributed by atoms with Crippen molar-refractivity contribution in [2.45, 2.75) is 24.1 Å². The maximum Gasteiger partial charge on any atom is 0.355 e. The molecule has 166 valence electrons. The molecule has 2 aromatic carbocycles. The van der Waals surface area contributed by atoms with Gasteiger partial charge in [-0.15, -0.1) is 11.8 Å². The zero-order chi connectivity index (χ0) is 22.7. The minimum atomic E-state index is -1.37. The minimum Gasteiger partial charge on any atom is -0.456 e. The molecule has 2 N–H and O–H groups in total. The Morgan fingerprint density at radius 3 is 2.47 bits per heavy atom. The summed E-state index contributed by atoms with van der Waals surface area (Å²) in [5, 5.41) is 12.5. The molecule has 7 nitrogen and oxygen atoms in total. The highest BCUT2D eigenvalue weighted by molar-refractivity contribution is 14.1. The molecule has 2 aliphatic heterocycles. The summed E-state index contributed by atoms with van der Waals surface area (Å²) in [4.78, 5) is 39.7. The van der Waals surface area contributed by atoms with E-state index >= 15 is 0 Å². The number of thioether (sulfide) groups is 1. The van der Waals surface area contributed by atoms with Gasteiger partial charge in [0.1, 0.15) is 23.7 Å². The van der Waals surface area contributed by atoms with Gasteiger partial charge in [0.2, 0.25) is 0 Å². The van der Waals surface area contributed by atoms with Crippen LogP contribution in [0.25, 0.3) is 0 Å². The molecular weight excluding hydrogens is 543 g/mol. The first-order chi connectivity index (χ1) is 15.5. The Hall–Kier alpha value is -2.37. The lowest BCUT2D eigenvalue weighted by atomic mass is 10.0. The second-order valence-electron chi connectivity index (χ2n) is 7.36. The fourth-order valence-corrected chi connectivity index (χ4v) is 5.93. The number of carbonyl (C=O) groups excluding carboxylic acids is 3. The van der Waals surface area contributed by atoms with Crippen molar-refractivity contribution in [1.29, 1.82) is 0 Å². The number of hydrogen-bond acceptors (Lipinski definition) is 6. The van der Waals surface area contributed by atoms with Gasteiger partial charge in [-0.3, -0.25) is 14.5 Å². The molecule has 2 unspecified atom stereocenters. The Balaban J connectivity index is 1.44. The Morgan fingerprint density at radius 2 is 1.81 bits per heavy atom. The number of nitrogens with one attached hydrogen (secondary N) is 1. The van der Waals surface area contributed by atoms with Gasteiger partial charge in [0.15, 0.2) is 6.10 Å². The van der Waals surface area contributed by atoms with Crippen LogP contribution in [0.1, 0.15) is 17.2 Å². The number of esters is 1. The molecule has 2 amide bonds.